The monoisotopic (exact) mass is 282 g/mol. The summed E-state index contributed by atoms with van der Waals surface area (Å²) in [5.74, 6) is -0.323. The number of carbonyl (C=O) groups excluding carboxylic acids is 1. The molecule has 1 aliphatic heterocycles. The van der Waals surface area contributed by atoms with Gasteiger partial charge in [-0.2, -0.15) is 0 Å². The van der Waals surface area contributed by atoms with Crippen molar-refractivity contribution in [1.29, 1.82) is 0 Å². The van der Waals surface area contributed by atoms with Gasteiger partial charge in [0.1, 0.15) is 5.69 Å². The highest BCUT2D eigenvalue weighted by molar-refractivity contribution is 5.93. The van der Waals surface area contributed by atoms with Gasteiger partial charge in [0, 0.05) is 32.8 Å². The van der Waals surface area contributed by atoms with Crippen molar-refractivity contribution in [2.75, 3.05) is 20.2 Å². The van der Waals surface area contributed by atoms with Crippen LogP contribution in [-0.4, -0.2) is 47.7 Å². The fourth-order valence-electron chi connectivity index (χ4n) is 2.34. The maximum Gasteiger partial charge on any atom is 0.287 e. The molecule has 1 unspecified atom stereocenters. The van der Waals surface area contributed by atoms with Crippen molar-refractivity contribution in [2.24, 2.45) is 0 Å². The van der Waals surface area contributed by atoms with Gasteiger partial charge in [-0.05, 0) is 6.92 Å². The lowest BCUT2D eigenvalue weighted by atomic mass is 10.2. The van der Waals surface area contributed by atoms with Crippen LogP contribution in [0.5, 0.6) is 0 Å². The minimum absolute atomic E-state index is 0.0789. The molecule has 0 aliphatic carbocycles. The topological polar surface area (TPSA) is 98.4 Å². The van der Waals surface area contributed by atoms with Gasteiger partial charge in [-0.3, -0.25) is 14.9 Å². The fourth-order valence-corrected chi connectivity index (χ4v) is 2.34. The number of carbonyl (C=O) groups is 1. The van der Waals surface area contributed by atoms with Gasteiger partial charge in [0.05, 0.1) is 23.3 Å². The van der Waals surface area contributed by atoms with Crippen molar-refractivity contribution in [3.8, 4) is 0 Å². The van der Waals surface area contributed by atoms with Gasteiger partial charge < -0.3 is 19.9 Å². The minimum atomic E-state index is -0.502. The van der Waals surface area contributed by atoms with E-state index in [4.69, 9.17) is 4.74 Å². The van der Waals surface area contributed by atoms with E-state index >= 15 is 0 Å². The lowest BCUT2D eigenvalue weighted by Gasteiger charge is -2.18. The molecule has 8 nitrogen and oxygen atoms in total. The van der Waals surface area contributed by atoms with E-state index in [0.717, 1.165) is 0 Å². The number of amides is 1. The van der Waals surface area contributed by atoms with Crippen molar-refractivity contribution in [2.45, 2.75) is 25.6 Å². The van der Waals surface area contributed by atoms with Crippen LogP contribution in [0.3, 0.4) is 0 Å². The summed E-state index contributed by atoms with van der Waals surface area (Å²) in [7, 11) is 1.59. The first-order chi connectivity index (χ1) is 9.56. The van der Waals surface area contributed by atoms with Crippen molar-refractivity contribution < 1.29 is 14.5 Å². The lowest BCUT2D eigenvalue weighted by molar-refractivity contribution is -0.384. The second kappa shape index (κ2) is 6.02. The minimum Gasteiger partial charge on any atom is -0.378 e. The van der Waals surface area contributed by atoms with E-state index in [1.54, 1.807) is 11.7 Å². The molecular formula is C12H18N4O4. The van der Waals surface area contributed by atoms with E-state index in [2.05, 4.69) is 10.6 Å². The van der Waals surface area contributed by atoms with Crippen LogP contribution in [0.1, 0.15) is 17.4 Å². The summed E-state index contributed by atoms with van der Waals surface area (Å²) in [4.78, 5) is 22.5. The quantitative estimate of drug-likeness (QED) is 0.591. The summed E-state index contributed by atoms with van der Waals surface area (Å²) < 4.78 is 6.84. The summed E-state index contributed by atoms with van der Waals surface area (Å²) >= 11 is 0. The van der Waals surface area contributed by atoms with Gasteiger partial charge in [0.2, 0.25) is 0 Å². The van der Waals surface area contributed by atoms with Crippen LogP contribution in [-0.2, 0) is 11.3 Å². The van der Waals surface area contributed by atoms with Gasteiger partial charge in [-0.25, -0.2) is 0 Å². The largest absolute Gasteiger partial charge is 0.378 e. The molecule has 1 aromatic heterocycles. The first-order valence-corrected chi connectivity index (χ1v) is 6.45. The van der Waals surface area contributed by atoms with Crippen molar-refractivity contribution in [1.82, 2.24) is 15.2 Å². The molecule has 0 aromatic carbocycles. The predicted octanol–water partition coefficient (Wildman–Crippen LogP) is 0.133. The second-order valence-corrected chi connectivity index (χ2v) is 4.64. The van der Waals surface area contributed by atoms with Gasteiger partial charge in [-0.1, -0.05) is 0 Å². The molecular weight excluding hydrogens is 264 g/mol. The second-order valence-electron chi connectivity index (χ2n) is 4.64. The van der Waals surface area contributed by atoms with Crippen molar-refractivity contribution in [3.63, 3.8) is 0 Å². The Morgan fingerprint density at radius 1 is 1.65 bits per heavy atom. The number of hydrogen-bond donors (Lipinski definition) is 2. The van der Waals surface area contributed by atoms with Crippen LogP contribution in [0.25, 0.3) is 0 Å². The first kappa shape index (κ1) is 14.5. The molecule has 8 heteroatoms. The number of rotatable bonds is 5. The molecule has 20 heavy (non-hydrogen) atoms. The van der Waals surface area contributed by atoms with E-state index in [-0.39, 0.29) is 23.7 Å². The zero-order valence-corrected chi connectivity index (χ0v) is 11.5. The van der Waals surface area contributed by atoms with Gasteiger partial charge >= 0.3 is 0 Å². The molecule has 1 amide bonds. The highest BCUT2D eigenvalue weighted by atomic mass is 16.6. The Morgan fingerprint density at radius 2 is 2.40 bits per heavy atom. The molecule has 1 saturated heterocycles. The summed E-state index contributed by atoms with van der Waals surface area (Å²) in [6, 6.07) is 1.16. The third kappa shape index (κ3) is 2.81. The van der Waals surface area contributed by atoms with Crippen LogP contribution in [0.2, 0.25) is 0 Å². The number of methoxy groups -OCH3 is 1. The maximum absolute atomic E-state index is 12.2. The number of nitro groups is 1. The van der Waals surface area contributed by atoms with E-state index < -0.39 is 4.92 Å². The summed E-state index contributed by atoms with van der Waals surface area (Å²) in [5.41, 5.74) is 0.214. The normalized spacial score (nSPS) is 21.9. The number of nitrogens with zero attached hydrogens (tertiary/aromatic N) is 2. The van der Waals surface area contributed by atoms with E-state index in [1.807, 2.05) is 6.92 Å². The zero-order chi connectivity index (χ0) is 14.7. The zero-order valence-electron chi connectivity index (χ0n) is 11.5. The Kier molecular flexibility index (Phi) is 4.35. The number of aromatic nitrogens is 1. The molecule has 2 rings (SSSR count). The summed E-state index contributed by atoms with van der Waals surface area (Å²) in [5, 5.41) is 16.8. The highest BCUT2D eigenvalue weighted by Gasteiger charge is 2.29. The van der Waals surface area contributed by atoms with Crippen LogP contribution in [0.15, 0.2) is 12.3 Å². The van der Waals surface area contributed by atoms with E-state index in [0.29, 0.717) is 25.3 Å². The number of nitrogens with one attached hydrogen (secondary N) is 2. The number of aryl methyl sites for hydroxylation is 1. The third-order valence-corrected chi connectivity index (χ3v) is 3.44. The van der Waals surface area contributed by atoms with Crippen LogP contribution in [0.4, 0.5) is 5.69 Å². The van der Waals surface area contributed by atoms with E-state index in [1.165, 1.54) is 12.3 Å². The predicted molar refractivity (Wildman–Crippen MR) is 71.7 cm³/mol. The molecule has 0 spiro atoms. The average molecular weight is 282 g/mol. The summed E-state index contributed by atoms with van der Waals surface area (Å²) in [6.07, 6.45) is 1.29. The van der Waals surface area contributed by atoms with Crippen LogP contribution < -0.4 is 10.6 Å². The molecule has 2 heterocycles. The standard InChI is InChI=1S/C12H18N4O4/c1-3-15-7-8(16(18)19)4-10(15)12(17)14-9-5-13-6-11(9)20-2/h4,7,9,11,13H,3,5-6H2,1-2H3,(H,14,17)/t9?,11-/m0/s1. The smallest absolute Gasteiger partial charge is 0.287 e. The Balaban J connectivity index is 2.14. The molecule has 0 saturated carbocycles. The summed E-state index contributed by atoms with van der Waals surface area (Å²) in [6.45, 7) is 3.62. The molecule has 2 N–H and O–H groups in total. The first-order valence-electron chi connectivity index (χ1n) is 6.45. The maximum atomic E-state index is 12.2. The lowest BCUT2D eigenvalue weighted by Crippen LogP contribution is -2.44. The Morgan fingerprint density at radius 3 is 3.00 bits per heavy atom. The molecule has 1 aromatic rings. The fraction of sp³-hybridized carbons (Fsp3) is 0.583. The van der Waals surface area contributed by atoms with Gasteiger partial charge in [0.15, 0.2) is 0 Å². The number of ether oxygens (including phenoxy) is 1. The molecule has 0 bridgehead atoms. The van der Waals surface area contributed by atoms with Gasteiger partial charge in [-0.15, -0.1) is 0 Å². The molecule has 1 fully saturated rings. The molecule has 110 valence electrons. The average Bonchev–Trinajstić information content (AvgIpc) is 3.04. The van der Waals surface area contributed by atoms with Crippen molar-refractivity contribution >= 4 is 11.6 Å². The van der Waals surface area contributed by atoms with E-state index in [9.17, 15) is 14.9 Å². The Hall–Kier alpha value is -1.93. The Labute approximate surface area is 116 Å². The third-order valence-electron chi connectivity index (χ3n) is 3.44. The molecule has 1 aliphatic rings. The molecule has 2 atom stereocenters. The molecule has 0 radical (unpaired) electrons. The van der Waals surface area contributed by atoms with Crippen molar-refractivity contribution in [3.05, 3.63) is 28.1 Å². The number of hydrogen-bond acceptors (Lipinski definition) is 5. The van der Waals surface area contributed by atoms with Crippen LogP contribution in [0, 0.1) is 10.1 Å². The Bertz CT molecular complexity index is 514. The van der Waals surface area contributed by atoms with Gasteiger partial charge in [0.25, 0.3) is 11.6 Å². The SMILES string of the molecule is CCn1cc([N+](=O)[O-])cc1C(=O)NC1CNC[C@@H]1OC. The van der Waals surface area contributed by atoms with Crippen LogP contribution >= 0.6 is 0 Å². The highest BCUT2D eigenvalue weighted by Crippen LogP contribution is 2.17.